The molecule has 0 spiro atoms. The van der Waals surface area contributed by atoms with Gasteiger partial charge in [-0.3, -0.25) is 4.79 Å². The maximum Gasteiger partial charge on any atom is 0.191 e. The summed E-state index contributed by atoms with van der Waals surface area (Å²) in [7, 11) is 0. The second-order valence-electron chi connectivity index (χ2n) is 3.87. The van der Waals surface area contributed by atoms with Crippen LogP contribution in [0.15, 0.2) is 11.6 Å². The van der Waals surface area contributed by atoms with Gasteiger partial charge in [0.15, 0.2) is 5.78 Å². The van der Waals surface area contributed by atoms with E-state index >= 15 is 0 Å². The maximum atomic E-state index is 12.0. The Morgan fingerprint density at radius 3 is 3.07 bits per heavy atom. The Balaban J connectivity index is 2.18. The fraction of sp³-hybridized carbons (Fsp3) is 0.364. The van der Waals surface area contributed by atoms with Gasteiger partial charge in [-0.1, -0.05) is 6.92 Å². The zero-order valence-electron chi connectivity index (χ0n) is 8.09. The molecular weight excluding hydrogens is 212 g/mol. The standard InChI is InChI=1S/C11H10OS2/c1-5-3-7-9(12)8-4-6(2)14-11(8)10(7)13-5/h3,6H,4H2,1-2H3. The highest BCUT2D eigenvalue weighted by Crippen LogP contribution is 2.52. The number of hydrogen-bond donors (Lipinski definition) is 0. The zero-order chi connectivity index (χ0) is 9.87. The van der Waals surface area contributed by atoms with Crippen LogP contribution in [0.5, 0.6) is 0 Å². The number of thioether (sulfide) groups is 1. The van der Waals surface area contributed by atoms with Crippen LogP contribution in [0, 0.1) is 6.92 Å². The fourth-order valence-corrected chi connectivity index (χ4v) is 4.53. The molecule has 0 N–H and O–H groups in total. The van der Waals surface area contributed by atoms with Crippen molar-refractivity contribution in [2.45, 2.75) is 25.5 Å². The highest BCUT2D eigenvalue weighted by atomic mass is 32.2. The third-order valence-corrected chi connectivity index (χ3v) is 5.12. The minimum atomic E-state index is 0.288. The second-order valence-corrected chi connectivity index (χ2v) is 6.57. The number of thiophene rings is 1. The van der Waals surface area contributed by atoms with Gasteiger partial charge >= 0.3 is 0 Å². The lowest BCUT2D eigenvalue weighted by Gasteiger charge is -2.02. The van der Waals surface area contributed by atoms with Gasteiger partial charge in [0.05, 0.1) is 4.88 Å². The molecule has 1 unspecified atom stereocenters. The molecule has 1 aromatic rings. The quantitative estimate of drug-likeness (QED) is 0.668. The first kappa shape index (κ1) is 8.74. The summed E-state index contributed by atoms with van der Waals surface area (Å²) in [5.41, 5.74) is 2.03. The highest BCUT2D eigenvalue weighted by Gasteiger charge is 2.37. The van der Waals surface area contributed by atoms with Crippen molar-refractivity contribution in [3.63, 3.8) is 0 Å². The summed E-state index contributed by atoms with van der Waals surface area (Å²) in [4.78, 5) is 15.7. The number of allylic oxidation sites excluding steroid dienone is 1. The summed E-state index contributed by atoms with van der Waals surface area (Å²) in [6.07, 6.45) is 0.958. The molecule has 0 aromatic carbocycles. The van der Waals surface area contributed by atoms with Gasteiger partial charge in [0, 0.05) is 26.2 Å². The van der Waals surface area contributed by atoms with Crippen LogP contribution in [0.4, 0.5) is 0 Å². The molecule has 0 radical (unpaired) electrons. The van der Waals surface area contributed by atoms with Crippen molar-refractivity contribution in [1.82, 2.24) is 0 Å². The van der Waals surface area contributed by atoms with Crippen LogP contribution in [0.2, 0.25) is 0 Å². The van der Waals surface area contributed by atoms with Crippen LogP contribution in [-0.4, -0.2) is 11.0 Å². The molecule has 3 rings (SSSR count). The number of carbonyl (C=O) groups excluding carboxylic acids is 1. The Kier molecular flexibility index (Phi) is 1.71. The molecule has 1 atom stereocenters. The van der Waals surface area contributed by atoms with Gasteiger partial charge in [0.25, 0.3) is 0 Å². The normalized spacial score (nSPS) is 24.4. The predicted molar refractivity (Wildman–Crippen MR) is 62.0 cm³/mol. The van der Waals surface area contributed by atoms with E-state index in [1.165, 1.54) is 14.7 Å². The molecule has 2 aliphatic rings. The van der Waals surface area contributed by atoms with Crippen LogP contribution in [0.1, 0.15) is 33.5 Å². The average molecular weight is 222 g/mol. The lowest BCUT2D eigenvalue weighted by atomic mass is 10.1. The van der Waals surface area contributed by atoms with Gasteiger partial charge in [-0.15, -0.1) is 23.1 Å². The molecule has 1 nitrogen and oxygen atoms in total. The molecule has 0 saturated heterocycles. The number of Topliss-reactive ketones (excluding diaryl/α,β-unsaturated/α-hetero) is 1. The molecule has 0 fully saturated rings. The topological polar surface area (TPSA) is 17.1 Å². The zero-order valence-corrected chi connectivity index (χ0v) is 9.72. The van der Waals surface area contributed by atoms with E-state index in [2.05, 4.69) is 13.8 Å². The van der Waals surface area contributed by atoms with Crippen LogP contribution in [-0.2, 0) is 0 Å². The summed E-state index contributed by atoms with van der Waals surface area (Å²) in [6, 6.07) is 2.03. The van der Waals surface area contributed by atoms with E-state index < -0.39 is 0 Å². The van der Waals surface area contributed by atoms with Crippen molar-refractivity contribution in [3.05, 3.63) is 27.0 Å². The molecule has 2 heterocycles. The van der Waals surface area contributed by atoms with Crippen LogP contribution in [0.25, 0.3) is 4.91 Å². The number of fused-ring (bicyclic) bond motifs is 2. The summed E-state index contributed by atoms with van der Waals surface area (Å²) in [5.74, 6) is 0.288. The van der Waals surface area contributed by atoms with Gasteiger partial charge < -0.3 is 0 Å². The minimum absolute atomic E-state index is 0.288. The van der Waals surface area contributed by atoms with E-state index in [1.54, 1.807) is 11.3 Å². The summed E-state index contributed by atoms with van der Waals surface area (Å²) in [5, 5.41) is 0.583. The van der Waals surface area contributed by atoms with Crippen LogP contribution in [0.3, 0.4) is 0 Å². The van der Waals surface area contributed by atoms with Gasteiger partial charge in [0.1, 0.15) is 0 Å². The summed E-state index contributed by atoms with van der Waals surface area (Å²) < 4.78 is 0. The van der Waals surface area contributed by atoms with E-state index in [0.29, 0.717) is 5.25 Å². The van der Waals surface area contributed by atoms with Crippen molar-refractivity contribution in [1.29, 1.82) is 0 Å². The lowest BCUT2D eigenvalue weighted by Crippen LogP contribution is -2.00. The van der Waals surface area contributed by atoms with E-state index in [1.807, 2.05) is 17.8 Å². The van der Waals surface area contributed by atoms with E-state index in [-0.39, 0.29) is 5.78 Å². The van der Waals surface area contributed by atoms with Gasteiger partial charge in [-0.05, 0) is 19.4 Å². The lowest BCUT2D eigenvalue weighted by molar-refractivity contribution is 0.103. The molecule has 72 valence electrons. The van der Waals surface area contributed by atoms with Crippen LogP contribution < -0.4 is 0 Å². The first-order valence-electron chi connectivity index (χ1n) is 4.72. The van der Waals surface area contributed by atoms with Crippen LogP contribution >= 0.6 is 23.1 Å². The van der Waals surface area contributed by atoms with Gasteiger partial charge in [-0.25, -0.2) is 0 Å². The van der Waals surface area contributed by atoms with E-state index in [4.69, 9.17) is 0 Å². The molecule has 1 aliphatic heterocycles. The van der Waals surface area contributed by atoms with Gasteiger partial charge in [-0.2, -0.15) is 0 Å². The average Bonchev–Trinajstić information content (AvgIpc) is 2.71. The number of aryl methyl sites for hydroxylation is 1. The molecule has 3 heteroatoms. The monoisotopic (exact) mass is 222 g/mol. The smallest absolute Gasteiger partial charge is 0.191 e. The third-order valence-electron chi connectivity index (χ3n) is 2.66. The molecular formula is C11H10OS2. The molecule has 0 amide bonds. The first-order chi connectivity index (χ1) is 6.66. The molecule has 0 bridgehead atoms. The third kappa shape index (κ3) is 0.997. The summed E-state index contributed by atoms with van der Waals surface area (Å²) >= 11 is 3.62. The Hall–Kier alpha value is -0.540. The Morgan fingerprint density at radius 2 is 2.29 bits per heavy atom. The van der Waals surface area contributed by atoms with Gasteiger partial charge in [0.2, 0.25) is 0 Å². The predicted octanol–water partition coefficient (Wildman–Crippen LogP) is 3.49. The fourth-order valence-electron chi connectivity index (χ4n) is 2.09. The molecule has 0 saturated carbocycles. The SMILES string of the molecule is Cc1cc2c(s1)C1=C(CC(C)S1)C2=O. The van der Waals surface area contributed by atoms with Crippen molar-refractivity contribution in [2.24, 2.45) is 0 Å². The maximum absolute atomic E-state index is 12.0. The van der Waals surface area contributed by atoms with Crippen molar-refractivity contribution < 1.29 is 4.79 Å². The second kappa shape index (κ2) is 2.74. The Labute approximate surface area is 91.2 Å². The van der Waals surface area contributed by atoms with E-state index in [0.717, 1.165) is 17.6 Å². The molecule has 14 heavy (non-hydrogen) atoms. The summed E-state index contributed by atoms with van der Waals surface area (Å²) in [6.45, 7) is 4.26. The minimum Gasteiger partial charge on any atom is -0.289 e. The Morgan fingerprint density at radius 1 is 1.50 bits per heavy atom. The first-order valence-corrected chi connectivity index (χ1v) is 6.41. The number of ketones is 1. The largest absolute Gasteiger partial charge is 0.289 e. The van der Waals surface area contributed by atoms with Crippen molar-refractivity contribution in [2.75, 3.05) is 0 Å². The van der Waals surface area contributed by atoms with Crippen molar-refractivity contribution >= 4 is 33.8 Å². The number of carbonyl (C=O) groups is 1. The molecule has 1 aromatic heterocycles. The van der Waals surface area contributed by atoms with Crippen molar-refractivity contribution in [3.8, 4) is 0 Å². The number of rotatable bonds is 0. The highest BCUT2D eigenvalue weighted by molar-refractivity contribution is 8.09. The Bertz CT molecular complexity index is 468. The van der Waals surface area contributed by atoms with E-state index in [9.17, 15) is 4.79 Å². The molecule has 1 aliphatic carbocycles. The number of hydrogen-bond acceptors (Lipinski definition) is 3.